The van der Waals surface area contributed by atoms with Gasteiger partial charge in [0, 0.05) is 25.2 Å². The molecule has 1 aromatic rings. The van der Waals surface area contributed by atoms with Crippen LogP contribution in [0.2, 0.25) is 0 Å². The summed E-state index contributed by atoms with van der Waals surface area (Å²) >= 11 is 1.93. The Morgan fingerprint density at radius 3 is 2.75 bits per heavy atom. The van der Waals surface area contributed by atoms with Gasteiger partial charge in [0.25, 0.3) is 0 Å². The highest BCUT2D eigenvalue weighted by Crippen LogP contribution is 2.38. The molecule has 1 aromatic heterocycles. The maximum atomic E-state index is 5.83. The number of hydrogen-bond donors (Lipinski definition) is 1. The SMILES string of the molecule is COC1(c2noc(C3CSCCN3)n2)CCCCCC1. The molecule has 0 aromatic carbocycles. The topological polar surface area (TPSA) is 60.2 Å². The second-order valence-electron chi connectivity index (χ2n) is 5.65. The molecule has 1 N–H and O–H groups in total. The van der Waals surface area contributed by atoms with Crippen LogP contribution in [0.25, 0.3) is 0 Å². The van der Waals surface area contributed by atoms with Gasteiger partial charge >= 0.3 is 0 Å². The van der Waals surface area contributed by atoms with Crippen LogP contribution in [0.1, 0.15) is 56.3 Å². The molecule has 6 heteroatoms. The number of rotatable bonds is 3. The van der Waals surface area contributed by atoms with Gasteiger partial charge in [0.1, 0.15) is 5.60 Å². The summed E-state index contributed by atoms with van der Waals surface area (Å²) in [5.74, 6) is 3.61. The Kier molecular flexibility index (Phi) is 4.63. The van der Waals surface area contributed by atoms with Crippen molar-refractivity contribution >= 4 is 11.8 Å². The lowest BCUT2D eigenvalue weighted by molar-refractivity contribution is -0.0365. The van der Waals surface area contributed by atoms with Crippen LogP contribution in [0.15, 0.2) is 4.52 Å². The molecule has 1 saturated carbocycles. The van der Waals surface area contributed by atoms with Gasteiger partial charge in [0.05, 0.1) is 6.04 Å². The third-order valence-corrected chi connectivity index (χ3v) is 5.43. The van der Waals surface area contributed by atoms with Gasteiger partial charge in [-0.2, -0.15) is 16.7 Å². The van der Waals surface area contributed by atoms with Crippen molar-refractivity contribution in [2.75, 3.05) is 25.2 Å². The summed E-state index contributed by atoms with van der Waals surface area (Å²) in [6.45, 7) is 1.00. The molecule has 20 heavy (non-hydrogen) atoms. The molecule has 1 unspecified atom stereocenters. The van der Waals surface area contributed by atoms with Gasteiger partial charge in [0.2, 0.25) is 11.7 Å². The van der Waals surface area contributed by atoms with E-state index in [1.54, 1.807) is 7.11 Å². The molecule has 0 spiro atoms. The number of aromatic nitrogens is 2. The average molecular weight is 297 g/mol. The van der Waals surface area contributed by atoms with Crippen molar-refractivity contribution in [1.29, 1.82) is 0 Å². The van der Waals surface area contributed by atoms with Crippen molar-refractivity contribution in [1.82, 2.24) is 15.5 Å². The molecular weight excluding hydrogens is 274 g/mol. The van der Waals surface area contributed by atoms with E-state index in [0.717, 1.165) is 36.7 Å². The highest BCUT2D eigenvalue weighted by molar-refractivity contribution is 7.99. The number of hydrogen-bond acceptors (Lipinski definition) is 6. The molecule has 5 nitrogen and oxygen atoms in total. The summed E-state index contributed by atoms with van der Waals surface area (Å²) in [6, 6.07) is 0.190. The second kappa shape index (κ2) is 6.45. The van der Waals surface area contributed by atoms with E-state index >= 15 is 0 Å². The molecule has 1 saturated heterocycles. The molecule has 1 aliphatic carbocycles. The van der Waals surface area contributed by atoms with Crippen LogP contribution in [-0.2, 0) is 10.3 Å². The predicted molar refractivity (Wildman–Crippen MR) is 78.8 cm³/mol. The first-order valence-electron chi connectivity index (χ1n) is 7.54. The first-order valence-corrected chi connectivity index (χ1v) is 8.70. The molecular formula is C14H23N3O2S. The molecule has 2 heterocycles. The summed E-state index contributed by atoms with van der Waals surface area (Å²) in [5.41, 5.74) is -0.333. The fourth-order valence-electron chi connectivity index (χ4n) is 3.10. The van der Waals surface area contributed by atoms with Crippen molar-refractivity contribution in [2.45, 2.75) is 50.2 Å². The fraction of sp³-hybridized carbons (Fsp3) is 0.857. The lowest BCUT2D eigenvalue weighted by Crippen LogP contribution is -2.31. The Hall–Kier alpha value is -0.590. The van der Waals surface area contributed by atoms with Crippen molar-refractivity contribution < 1.29 is 9.26 Å². The monoisotopic (exact) mass is 297 g/mol. The summed E-state index contributed by atoms with van der Waals surface area (Å²) in [6.07, 6.45) is 6.89. The number of methoxy groups -OCH3 is 1. The zero-order chi connectivity index (χ0) is 13.8. The number of nitrogens with one attached hydrogen (secondary N) is 1. The van der Waals surface area contributed by atoms with Gasteiger partial charge in [-0.1, -0.05) is 30.8 Å². The van der Waals surface area contributed by atoms with Crippen LogP contribution in [0, 0.1) is 0 Å². The second-order valence-corrected chi connectivity index (χ2v) is 6.80. The van der Waals surface area contributed by atoms with Gasteiger partial charge in [0.15, 0.2) is 0 Å². The van der Waals surface area contributed by atoms with E-state index in [1.807, 2.05) is 11.8 Å². The summed E-state index contributed by atoms with van der Waals surface area (Å²) < 4.78 is 11.3. The lowest BCUT2D eigenvalue weighted by Gasteiger charge is -2.27. The fourth-order valence-corrected chi connectivity index (χ4v) is 4.03. The number of thioether (sulfide) groups is 1. The van der Waals surface area contributed by atoms with Crippen molar-refractivity contribution in [2.24, 2.45) is 0 Å². The molecule has 112 valence electrons. The van der Waals surface area contributed by atoms with Gasteiger partial charge < -0.3 is 14.6 Å². The van der Waals surface area contributed by atoms with Gasteiger partial charge in [-0.25, -0.2) is 0 Å². The largest absolute Gasteiger partial charge is 0.370 e. The van der Waals surface area contributed by atoms with E-state index in [-0.39, 0.29) is 11.6 Å². The smallest absolute Gasteiger partial charge is 0.244 e. The van der Waals surface area contributed by atoms with Gasteiger partial charge in [-0.05, 0) is 12.8 Å². The zero-order valence-corrected chi connectivity index (χ0v) is 12.9. The minimum absolute atomic E-state index is 0.190. The summed E-state index contributed by atoms with van der Waals surface area (Å²) in [7, 11) is 1.77. The summed E-state index contributed by atoms with van der Waals surface area (Å²) in [5, 5.41) is 7.68. The molecule has 2 fully saturated rings. The maximum absolute atomic E-state index is 5.83. The molecule has 0 radical (unpaired) electrons. The molecule has 1 atom stereocenters. The Labute approximate surface area is 124 Å². The highest BCUT2D eigenvalue weighted by atomic mass is 32.2. The summed E-state index contributed by atoms with van der Waals surface area (Å²) in [4.78, 5) is 4.66. The highest BCUT2D eigenvalue weighted by Gasteiger charge is 2.38. The first-order chi connectivity index (χ1) is 9.84. The molecule has 1 aliphatic heterocycles. The van der Waals surface area contributed by atoms with E-state index in [2.05, 4.69) is 15.5 Å². The van der Waals surface area contributed by atoms with E-state index in [9.17, 15) is 0 Å². The van der Waals surface area contributed by atoms with Crippen LogP contribution in [-0.4, -0.2) is 35.3 Å². The zero-order valence-electron chi connectivity index (χ0n) is 12.1. The molecule has 3 rings (SSSR count). The van der Waals surface area contributed by atoms with Crippen LogP contribution in [0.5, 0.6) is 0 Å². The van der Waals surface area contributed by atoms with Crippen LogP contribution in [0.3, 0.4) is 0 Å². The quantitative estimate of drug-likeness (QED) is 0.866. The molecule has 0 amide bonds. The Balaban J connectivity index is 1.79. The van der Waals surface area contributed by atoms with Crippen LogP contribution in [0.4, 0.5) is 0 Å². The minimum atomic E-state index is -0.333. The normalized spacial score (nSPS) is 27.1. The lowest BCUT2D eigenvalue weighted by atomic mass is 9.93. The van der Waals surface area contributed by atoms with Crippen molar-refractivity contribution in [3.05, 3.63) is 11.7 Å². The number of nitrogens with zero attached hydrogens (tertiary/aromatic N) is 2. The third-order valence-electron chi connectivity index (χ3n) is 4.37. The van der Waals surface area contributed by atoms with E-state index in [1.165, 1.54) is 25.7 Å². The Bertz CT molecular complexity index is 424. The van der Waals surface area contributed by atoms with E-state index < -0.39 is 0 Å². The Morgan fingerprint density at radius 2 is 2.10 bits per heavy atom. The predicted octanol–water partition coefficient (Wildman–Crippen LogP) is 2.64. The third kappa shape index (κ3) is 2.87. The minimum Gasteiger partial charge on any atom is -0.370 e. The standard InChI is InChI=1S/C14H23N3O2S/c1-18-14(6-4-2-3-5-7-14)13-16-12(19-17-13)11-10-20-9-8-15-11/h11,15H,2-10H2,1H3. The van der Waals surface area contributed by atoms with Crippen LogP contribution >= 0.6 is 11.8 Å². The van der Waals surface area contributed by atoms with Gasteiger partial charge in [-0.3, -0.25) is 0 Å². The average Bonchev–Trinajstić information content (AvgIpc) is 2.88. The van der Waals surface area contributed by atoms with Gasteiger partial charge in [-0.15, -0.1) is 0 Å². The van der Waals surface area contributed by atoms with Crippen molar-refractivity contribution in [3.63, 3.8) is 0 Å². The van der Waals surface area contributed by atoms with E-state index in [4.69, 9.17) is 9.26 Å². The van der Waals surface area contributed by atoms with Crippen molar-refractivity contribution in [3.8, 4) is 0 Å². The number of ether oxygens (including phenoxy) is 1. The molecule has 2 aliphatic rings. The van der Waals surface area contributed by atoms with Crippen LogP contribution < -0.4 is 5.32 Å². The maximum Gasteiger partial charge on any atom is 0.244 e. The van der Waals surface area contributed by atoms with E-state index in [0.29, 0.717) is 5.89 Å². The Morgan fingerprint density at radius 1 is 1.30 bits per heavy atom. The molecule has 0 bridgehead atoms. The first kappa shape index (κ1) is 14.4.